The summed E-state index contributed by atoms with van der Waals surface area (Å²) in [5.41, 5.74) is 0. The lowest BCUT2D eigenvalue weighted by Gasteiger charge is -2.09. The Balaban J connectivity index is 3.57. The molecular weight excluding hydrogens is 160 g/mol. The molecule has 11 heavy (non-hydrogen) atoms. The quantitative estimate of drug-likeness (QED) is 0.629. The topological polar surface area (TPSA) is 34.1 Å². The first-order valence-corrected chi connectivity index (χ1v) is 5.68. The number of thiol groups is 1. The lowest BCUT2D eigenvalue weighted by Crippen LogP contribution is -2.05. The van der Waals surface area contributed by atoms with Gasteiger partial charge < -0.3 is 0 Å². The molecule has 0 aromatic carbocycles. The molecule has 0 aliphatic carbocycles. The molecule has 2 nitrogen and oxygen atoms in total. The van der Waals surface area contributed by atoms with Gasteiger partial charge in [0.15, 0.2) is 0 Å². The summed E-state index contributed by atoms with van der Waals surface area (Å²) in [4.78, 5) is 0. The molecule has 0 heterocycles. The predicted octanol–water partition coefficient (Wildman–Crippen LogP) is 1.81. The third kappa shape index (κ3) is 6.35. The highest BCUT2D eigenvalue weighted by atomic mass is 32.2. The molecule has 1 atom stereocenters. The van der Waals surface area contributed by atoms with Gasteiger partial charge in [0.1, 0.15) is 10.7 Å². The lowest BCUT2D eigenvalue weighted by molar-refractivity contribution is 0.488. The smallest absolute Gasteiger partial charge is 0.140 e. The Morgan fingerprint density at radius 3 is 2.27 bits per heavy atom. The van der Waals surface area contributed by atoms with E-state index in [9.17, 15) is 8.42 Å². The van der Waals surface area contributed by atoms with Crippen molar-refractivity contribution < 1.29 is 8.42 Å². The Labute approximate surface area is 71.0 Å². The summed E-state index contributed by atoms with van der Waals surface area (Å²) in [6, 6.07) is 0. The van der Waals surface area contributed by atoms with Crippen molar-refractivity contribution in [1.82, 2.24) is 0 Å². The minimum Gasteiger partial charge on any atom is -0.232 e. The van der Waals surface area contributed by atoms with Crippen molar-refractivity contribution in [3.05, 3.63) is 0 Å². The van der Waals surface area contributed by atoms with Crippen molar-refractivity contribution in [3.63, 3.8) is 0 Å². The third-order valence-corrected chi connectivity index (χ3v) is 2.77. The van der Waals surface area contributed by atoms with Crippen molar-refractivity contribution >= 4 is 10.7 Å². The Bertz CT molecular complexity index is 144. The molecule has 0 bridgehead atoms. The molecule has 0 spiro atoms. The van der Waals surface area contributed by atoms with Gasteiger partial charge in [-0.15, -0.1) is 0 Å². The van der Waals surface area contributed by atoms with Gasteiger partial charge in [0.05, 0.1) is 5.75 Å². The normalized spacial score (nSPS) is 13.7. The summed E-state index contributed by atoms with van der Waals surface area (Å²) in [5.74, 6) is 0.780. The molecule has 0 aliphatic rings. The van der Waals surface area contributed by atoms with Gasteiger partial charge in [0.2, 0.25) is 0 Å². The Kier molecular flexibility index (Phi) is 6.62. The second-order valence-corrected chi connectivity index (χ2v) is 3.96. The molecule has 0 saturated heterocycles. The Hall–Kier alpha value is -0.0500. The highest BCUT2D eigenvalue weighted by molar-refractivity contribution is 7.72. The zero-order valence-corrected chi connectivity index (χ0v) is 8.27. The molecule has 0 radical (unpaired) electrons. The van der Waals surface area contributed by atoms with Crippen LogP contribution in [0.4, 0.5) is 0 Å². The van der Waals surface area contributed by atoms with Crippen LogP contribution in [0.3, 0.4) is 0 Å². The fourth-order valence-electron chi connectivity index (χ4n) is 1.13. The Morgan fingerprint density at radius 1 is 1.27 bits per heavy atom. The molecule has 0 fully saturated rings. The monoisotopic (exact) mass is 178 g/mol. The van der Waals surface area contributed by atoms with Crippen LogP contribution in [0, 0.1) is 5.92 Å². The fraction of sp³-hybridized carbons (Fsp3) is 1.00. The summed E-state index contributed by atoms with van der Waals surface area (Å²) in [6.07, 6.45) is 4.37. The highest BCUT2D eigenvalue weighted by Gasteiger charge is 2.05. The van der Waals surface area contributed by atoms with Crippen molar-refractivity contribution in [2.45, 2.75) is 39.5 Å². The third-order valence-electron chi connectivity index (χ3n) is 1.95. The van der Waals surface area contributed by atoms with Crippen LogP contribution in [0.1, 0.15) is 39.5 Å². The van der Waals surface area contributed by atoms with Gasteiger partial charge in [0.25, 0.3) is 0 Å². The number of hydrogen-bond donors (Lipinski definition) is 1. The van der Waals surface area contributed by atoms with Gasteiger partial charge in [0, 0.05) is 0 Å². The summed E-state index contributed by atoms with van der Waals surface area (Å²) in [6.45, 7) is 4.18. The average molecular weight is 178 g/mol. The van der Waals surface area contributed by atoms with Gasteiger partial charge in [-0.25, -0.2) is 8.42 Å². The first-order chi connectivity index (χ1) is 5.20. The van der Waals surface area contributed by atoms with E-state index in [-0.39, 0.29) is 0 Å². The summed E-state index contributed by atoms with van der Waals surface area (Å²) < 4.78 is 20.7. The minimum atomic E-state index is -2.16. The van der Waals surface area contributed by atoms with Crippen LogP contribution in [-0.4, -0.2) is 14.2 Å². The standard InChI is InChI=1S/C8H18O2S/c1-3-5-6-8(4-2)7-11(9)10/h8,11H,3-7H2,1-2H3. The van der Waals surface area contributed by atoms with Crippen molar-refractivity contribution in [3.8, 4) is 0 Å². The molecular formula is C8H18O2S. The SMILES string of the molecule is CCCCC(CC)C[SH](=O)=O. The molecule has 0 aromatic heterocycles. The van der Waals surface area contributed by atoms with Gasteiger partial charge in [-0.1, -0.05) is 33.1 Å². The van der Waals surface area contributed by atoms with Crippen LogP contribution in [0.5, 0.6) is 0 Å². The summed E-state index contributed by atoms with van der Waals surface area (Å²) in [5, 5.41) is 0. The van der Waals surface area contributed by atoms with E-state index in [0.717, 1.165) is 25.7 Å². The maximum atomic E-state index is 10.4. The summed E-state index contributed by atoms with van der Waals surface area (Å²) in [7, 11) is -2.16. The average Bonchev–Trinajstić information content (AvgIpc) is 1.97. The van der Waals surface area contributed by atoms with Crippen molar-refractivity contribution in [2.75, 3.05) is 5.75 Å². The van der Waals surface area contributed by atoms with Gasteiger partial charge in [-0.05, 0) is 12.3 Å². The first-order valence-electron chi connectivity index (χ1n) is 4.32. The number of hydrogen-bond acceptors (Lipinski definition) is 2. The minimum absolute atomic E-state index is 0.381. The zero-order valence-electron chi connectivity index (χ0n) is 7.38. The maximum absolute atomic E-state index is 10.4. The van der Waals surface area contributed by atoms with Crippen LogP contribution in [0.25, 0.3) is 0 Å². The first kappa shape index (κ1) is 11.0. The van der Waals surface area contributed by atoms with Crippen LogP contribution < -0.4 is 0 Å². The molecule has 1 unspecified atom stereocenters. The molecule has 68 valence electrons. The van der Waals surface area contributed by atoms with E-state index < -0.39 is 10.7 Å². The molecule has 0 amide bonds. The van der Waals surface area contributed by atoms with Crippen LogP contribution in [0.2, 0.25) is 0 Å². The predicted molar refractivity (Wildman–Crippen MR) is 48.5 cm³/mol. The van der Waals surface area contributed by atoms with Gasteiger partial charge in [-0.3, -0.25) is 0 Å². The lowest BCUT2D eigenvalue weighted by atomic mass is 10.0. The molecule has 0 rings (SSSR count). The van der Waals surface area contributed by atoms with E-state index in [0.29, 0.717) is 11.7 Å². The van der Waals surface area contributed by atoms with Crippen LogP contribution >= 0.6 is 0 Å². The fourth-order valence-corrected chi connectivity index (χ4v) is 1.99. The van der Waals surface area contributed by atoms with Gasteiger partial charge >= 0.3 is 0 Å². The van der Waals surface area contributed by atoms with E-state index >= 15 is 0 Å². The summed E-state index contributed by atoms with van der Waals surface area (Å²) >= 11 is 0. The zero-order chi connectivity index (χ0) is 8.69. The van der Waals surface area contributed by atoms with Crippen molar-refractivity contribution in [2.24, 2.45) is 5.92 Å². The molecule has 0 saturated carbocycles. The number of unbranched alkanes of at least 4 members (excludes halogenated alkanes) is 1. The molecule has 0 N–H and O–H groups in total. The van der Waals surface area contributed by atoms with Crippen LogP contribution in [0.15, 0.2) is 0 Å². The van der Waals surface area contributed by atoms with Crippen molar-refractivity contribution in [1.29, 1.82) is 0 Å². The largest absolute Gasteiger partial charge is 0.232 e. The highest BCUT2D eigenvalue weighted by Crippen LogP contribution is 2.12. The maximum Gasteiger partial charge on any atom is 0.140 e. The van der Waals surface area contributed by atoms with Crippen LogP contribution in [-0.2, 0) is 10.7 Å². The van der Waals surface area contributed by atoms with E-state index in [2.05, 4.69) is 13.8 Å². The number of rotatable bonds is 6. The van der Waals surface area contributed by atoms with E-state index in [1.807, 2.05) is 0 Å². The second-order valence-electron chi connectivity index (χ2n) is 2.93. The van der Waals surface area contributed by atoms with Gasteiger partial charge in [-0.2, -0.15) is 0 Å². The molecule has 0 aliphatic heterocycles. The Morgan fingerprint density at radius 2 is 1.91 bits per heavy atom. The van der Waals surface area contributed by atoms with E-state index in [1.54, 1.807) is 0 Å². The van der Waals surface area contributed by atoms with E-state index in [4.69, 9.17) is 0 Å². The molecule has 0 aromatic rings. The van der Waals surface area contributed by atoms with E-state index in [1.165, 1.54) is 0 Å². The molecule has 3 heteroatoms. The second kappa shape index (κ2) is 6.65.